The molecule has 0 bridgehead atoms. The lowest BCUT2D eigenvalue weighted by atomic mass is 10.0. The summed E-state index contributed by atoms with van der Waals surface area (Å²) < 4.78 is 0. The number of hydrogen-bond donors (Lipinski definition) is 0. The Morgan fingerprint density at radius 1 is 1.31 bits per heavy atom. The molecular weight excluding hydrogens is 164 g/mol. The summed E-state index contributed by atoms with van der Waals surface area (Å²) in [7, 11) is 0. The van der Waals surface area contributed by atoms with Crippen LogP contribution in [0.25, 0.3) is 0 Å². The fraction of sp³-hybridized carbons (Fsp3) is 0.0909. The molecule has 0 radical (unpaired) electrons. The molecule has 2 heteroatoms. The highest BCUT2D eigenvalue weighted by atomic mass is 16.1. The van der Waals surface area contributed by atoms with E-state index in [0.717, 1.165) is 6.29 Å². The summed E-state index contributed by atoms with van der Waals surface area (Å²) >= 11 is 0. The van der Waals surface area contributed by atoms with Crippen LogP contribution in [0.1, 0.15) is 6.92 Å². The van der Waals surface area contributed by atoms with Gasteiger partial charge in [-0.2, -0.15) is 0 Å². The van der Waals surface area contributed by atoms with Crippen molar-refractivity contribution in [3.05, 3.63) is 47.6 Å². The van der Waals surface area contributed by atoms with Crippen LogP contribution < -0.4 is 0 Å². The first-order valence-electron chi connectivity index (χ1n) is 4.00. The van der Waals surface area contributed by atoms with Crippen LogP contribution in [0.4, 0.5) is 0 Å². The average molecular weight is 174 g/mol. The van der Waals surface area contributed by atoms with Gasteiger partial charge in [-0.3, -0.25) is 9.59 Å². The summed E-state index contributed by atoms with van der Waals surface area (Å²) in [6, 6.07) is 0. The predicted octanol–water partition coefficient (Wildman–Crippen LogP) is 1.75. The van der Waals surface area contributed by atoms with Gasteiger partial charge < -0.3 is 0 Å². The molecule has 0 aliphatic heterocycles. The maximum absolute atomic E-state index is 11.2. The lowest BCUT2D eigenvalue weighted by Crippen LogP contribution is -1.99. The minimum atomic E-state index is -0.0660. The topological polar surface area (TPSA) is 34.1 Å². The Hall–Kier alpha value is -1.70. The molecule has 1 aliphatic rings. The molecule has 0 aromatic heterocycles. The molecule has 0 amide bonds. The van der Waals surface area contributed by atoms with Crippen molar-refractivity contribution in [2.75, 3.05) is 0 Å². The fourth-order valence-corrected chi connectivity index (χ4v) is 0.965. The molecular formula is C11H10O2. The zero-order chi connectivity index (χ0) is 9.68. The van der Waals surface area contributed by atoms with Crippen LogP contribution in [0.5, 0.6) is 0 Å². The zero-order valence-electron chi connectivity index (χ0n) is 7.36. The second kappa shape index (κ2) is 4.36. The van der Waals surface area contributed by atoms with Gasteiger partial charge in [0.05, 0.1) is 0 Å². The van der Waals surface area contributed by atoms with Gasteiger partial charge in [0.15, 0.2) is 5.78 Å². The molecule has 0 saturated carbocycles. The normalized spacial score (nSPS) is 19.6. The van der Waals surface area contributed by atoms with E-state index in [2.05, 4.69) is 0 Å². The summed E-state index contributed by atoms with van der Waals surface area (Å²) in [5, 5.41) is 0. The van der Waals surface area contributed by atoms with Crippen molar-refractivity contribution >= 4 is 12.1 Å². The van der Waals surface area contributed by atoms with E-state index in [9.17, 15) is 9.59 Å². The van der Waals surface area contributed by atoms with Crippen molar-refractivity contribution in [1.29, 1.82) is 0 Å². The maximum atomic E-state index is 11.2. The lowest BCUT2D eigenvalue weighted by Gasteiger charge is -1.99. The Labute approximate surface area is 76.9 Å². The van der Waals surface area contributed by atoms with Crippen molar-refractivity contribution in [1.82, 2.24) is 0 Å². The first kappa shape index (κ1) is 9.39. The van der Waals surface area contributed by atoms with Gasteiger partial charge in [-0.25, -0.2) is 0 Å². The fourth-order valence-electron chi connectivity index (χ4n) is 0.965. The van der Waals surface area contributed by atoms with E-state index in [1.165, 1.54) is 6.08 Å². The molecule has 0 aromatic rings. The molecule has 66 valence electrons. The number of carbonyl (C=O) groups is 2. The second-order valence-electron chi connectivity index (χ2n) is 2.59. The molecule has 0 N–H and O–H groups in total. The average Bonchev–Trinajstić information content (AvgIpc) is 2.17. The Kier molecular flexibility index (Phi) is 3.15. The first-order chi connectivity index (χ1) is 6.27. The quantitative estimate of drug-likeness (QED) is 0.472. The Bertz CT molecular complexity index is 341. The maximum Gasteiger partial charge on any atom is 0.185 e. The van der Waals surface area contributed by atoms with Crippen LogP contribution in [0.3, 0.4) is 0 Å². The largest absolute Gasteiger partial charge is 0.298 e. The van der Waals surface area contributed by atoms with Gasteiger partial charge in [-0.1, -0.05) is 24.3 Å². The number of allylic oxidation sites excluding steroid dienone is 8. The monoisotopic (exact) mass is 174 g/mol. The number of aldehydes is 1. The molecule has 0 heterocycles. The van der Waals surface area contributed by atoms with Gasteiger partial charge in [0.25, 0.3) is 0 Å². The highest BCUT2D eigenvalue weighted by Crippen LogP contribution is 2.08. The van der Waals surface area contributed by atoms with Gasteiger partial charge in [-0.05, 0) is 19.1 Å². The molecule has 0 spiro atoms. The van der Waals surface area contributed by atoms with E-state index in [-0.39, 0.29) is 5.78 Å². The van der Waals surface area contributed by atoms with Crippen LogP contribution in [0, 0.1) is 0 Å². The van der Waals surface area contributed by atoms with Crippen molar-refractivity contribution in [3.8, 4) is 0 Å². The number of hydrogen-bond acceptors (Lipinski definition) is 2. The summed E-state index contributed by atoms with van der Waals surface area (Å²) in [5.41, 5.74) is 1.06. The Morgan fingerprint density at radius 2 is 2.00 bits per heavy atom. The van der Waals surface area contributed by atoms with E-state index in [4.69, 9.17) is 0 Å². The van der Waals surface area contributed by atoms with E-state index in [1.807, 2.05) is 0 Å². The van der Waals surface area contributed by atoms with Gasteiger partial charge >= 0.3 is 0 Å². The summed E-state index contributed by atoms with van der Waals surface area (Å²) in [6.07, 6.45) is 10.6. The molecule has 13 heavy (non-hydrogen) atoms. The van der Waals surface area contributed by atoms with Crippen molar-refractivity contribution in [2.45, 2.75) is 6.92 Å². The summed E-state index contributed by atoms with van der Waals surface area (Å²) in [4.78, 5) is 21.7. The highest BCUT2D eigenvalue weighted by molar-refractivity contribution is 6.08. The van der Waals surface area contributed by atoms with E-state index in [0.29, 0.717) is 11.1 Å². The lowest BCUT2D eigenvalue weighted by molar-refractivity contribution is -0.111. The van der Waals surface area contributed by atoms with E-state index in [1.54, 1.807) is 37.3 Å². The van der Waals surface area contributed by atoms with Crippen LogP contribution >= 0.6 is 0 Å². The zero-order valence-corrected chi connectivity index (χ0v) is 7.36. The number of rotatable bonds is 2. The van der Waals surface area contributed by atoms with Crippen LogP contribution in [-0.4, -0.2) is 12.1 Å². The smallest absolute Gasteiger partial charge is 0.185 e. The third-order valence-electron chi connectivity index (χ3n) is 1.71. The third kappa shape index (κ3) is 2.37. The van der Waals surface area contributed by atoms with Crippen molar-refractivity contribution in [3.63, 3.8) is 0 Å². The van der Waals surface area contributed by atoms with Gasteiger partial charge in [0.2, 0.25) is 0 Å². The van der Waals surface area contributed by atoms with Gasteiger partial charge in [0.1, 0.15) is 6.29 Å². The third-order valence-corrected chi connectivity index (χ3v) is 1.71. The molecule has 0 atom stereocenters. The molecule has 1 rings (SSSR count). The molecule has 0 fully saturated rings. The van der Waals surface area contributed by atoms with Crippen molar-refractivity contribution in [2.24, 2.45) is 0 Å². The standard InChI is InChI=1S/C11H10O2/c1-2-9(8-12)7-10-5-3-4-6-11(10)13/h2-8H,1H3/b9-2-,10-7-. The Balaban J connectivity index is 2.94. The predicted molar refractivity (Wildman–Crippen MR) is 51.2 cm³/mol. The van der Waals surface area contributed by atoms with Gasteiger partial charge in [-0.15, -0.1) is 0 Å². The number of carbonyl (C=O) groups excluding carboxylic acids is 2. The highest BCUT2D eigenvalue weighted by Gasteiger charge is 2.05. The van der Waals surface area contributed by atoms with Crippen LogP contribution in [0.15, 0.2) is 47.6 Å². The molecule has 1 aliphatic carbocycles. The Morgan fingerprint density at radius 3 is 2.54 bits per heavy atom. The molecule has 0 unspecified atom stereocenters. The summed E-state index contributed by atoms with van der Waals surface area (Å²) in [6.45, 7) is 1.76. The van der Waals surface area contributed by atoms with E-state index < -0.39 is 0 Å². The molecule has 2 nitrogen and oxygen atoms in total. The van der Waals surface area contributed by atoms with Crippen LogP contribution in [-0.2, 0) is 9.59 Å². The molecule has 0 aromatic carbocycles. The van der Waals surface area contributed by atoms with E-state index >= 15 is 0 Å². The van der Waals surface area contributed by atoms with Crippen molar-refractivity contribution < 1.29 is 9.59 Å². The van der Waals surface area contributed by atoms with Gasteiger partial charge in [0, 0.05) is 11.1 Å². The first-order valence-corrected chi connectivity index (χ1v) is 4.00. The minimum Gasteiger partial charge on any atom is -0.298 e. The minimum absolute atomic E-state index is 0.0660. The molecule has 0 saturated heterocycles. The number of ketones is 1. The second-order valence-corrected chi connectivity index (χ2v) is 2.59. The van der Waals surface area contributed by atoms with Crippen LogP contribution in [0.2, 0.25) is 0 Å². The SMILES string of the molecule is C/C=C(C=O)/C=C1/C=CC=CC1=O. The summed E-state index contributed by atoms with van der Waals surface area (Å²) in [5.74, 6) is -0.0660.